The maximum Gasteiger partial charge on any atom is 0.248 e. The summed E-state index contributed by atoms with van der Waals surface area (Å²) in [5.74, 6) is 0.0932. The van der Waals surface area contributed by atoms with Crippen LogP contribution in [0.15, 0.2) is 78.9 Å². The number of carbonyl (C=O) groups excluding carboxylic acids is 2. The summed E-state index contributed by atoms with van der Waals surface area (Å²) in [5.41, 5.74) is 8.39. The van der Waals surface area contributed by atoms with Gasteiger partial charge in [0.1, 0.15) is 17.7 Å². The molecule has 2 unspecified atom stereocenters. The predicted octanol–water partition coefficient (Wildman–Crippen LogP) is 3.89. The molecule has 2 atom stereocenters. The molecule has 6 nitrogen and oxygen atoms in total. The standard InChI is InChI=1S/C25H24N2O4S/c26-23(29)19-7-4-8-20(15-19)27-24(30)22(13-14-28)32-25(27)18-9-11-21(12-10-18)31-16-17-5-2-1-3-6-17/h1-12,15,22,25,28H,13-14,16H2,(H2,26,29). The third kappa shape index (κ3) is 4.79. The van der Waals surface area contributed by atoms with Crippen LogP contribution < -0.4 is 15.4 Å². The van der Waals surface area contributed by atoms with Crippen molar-refractivity contribution in [1.82, 2.24) is 0 Å². The zero-order valence-corrected chi connectivity index (χ0v) is 18.2. The second-order valence-electron chi connectivity index (χ2n) is 7.46. The molecule has 1 fully saturated rings. The first-order chi connectivity index (χ1) is 15.6. The largest absolute Gasteiger partial charge is 0.489 e. The van der Waals surface area contributed by atoms with Crippen molar-refractivity contribution in [3.63, 3.8) is 0 Å². The van der Waals surface area contributed by atoms with Crippen molar-refractivity contribution >= 4 is 29.3 Å². The third-order valence-corrected chi connectivity index (χ3v) is 6.76. The highest BCUT2D eigenvalue weighted by molar-refractivity contribution is 8.01. The molecule has 3 aromatic carbocycles. The Kier molecular flexibility index (Phi) is 6.78. The summed E-state index contributed by atoms with van der Waals surface area (Å²) < 4.78 is 5.87. The Hall–Kier alpha value is -3.29. The lowest BCUT2D eigenvalue weighted by Crippen LogP contribution is -2.31. The average molecular weight is 449 g/mol. The van der Waals surface area contributed by atoms with Gasteiger partial charge in [-0.3, -0.25) is 14.5 Å². The van der Waals surface area contributed by atoms with Gasteiger partial charge in [0.15, 0.2) is 0 Å². The van der Waals surface area contributed by atoms with Gasteiger partial charge in [-0.15, -0.1) is 11.8 Å². The van der Waals surface area contributed by atoms with Crippen molar-refractivity contribution in [3.05, 3.63) is 95.6 Å². The normalized spacial score (nSPS) is 18.0. The number of hydrogen-bond acceptors (Lipinski definition) is 5. The van der Waals surface area contributed by atoms with Crippen LogP contribution in [0.4, 0.5) is 5.69 Å². The van der Waals surface area contributed by atoms with Crippen molar-refractivity contribution in [2.45, 2.75) is 23.7 Å². The first-order valence-electron chi connectivity index (χ1n) is 10.3. The zero-order valence-electron chi connectivity index (χ0n) is 17.4. The van der Waals surface area contributed by atoms with E-state index in [4.69, 9.17) is 10.5 Å². The lowest BCUT2D eigenvalue weighted by molar-refractivity contribution is -0.118. The van der Waals surface area contributed by atoms with E-state index in [0.717, 1.165) is 16.9 Å². The Morgan fingerprint density at radius 1 is 1.03 bits per heavy atom. The smallest absolute Gasteiger partial charge is 0.248 e. The molecule has 0 aliphatic carbocycles. The fourth-order valence-corrected chi connectivity index (χ4v) is 5.07. The molecule has 3 aromatic rings. The first-order valence-corrected chi connectivity index (χ1v) is 11.3. The van der Waals surface area contributed by atoms with Gasteiger partial charge in [-0.25, -0.2) is 0 Å². The number of ether oxygens (including phenoxy) is 1. The lowest BCUT2D eigenvalue weighted by atomic mass is 10.1. The maximum atomic E-state index is 13.1. The topological polar surface area (TPSA) is 92.9 Å². The van der Waals surface area contributed by atoms with E-state index in [2.05, 4.69) is 0 Å². The Morgan fingerprint density at radius 3 is 2.47 bits per heavy atom. The van der Waals surface area contributed by atoms with Crippen LogP contribution in [0.25, 0.3) is 0 Å². The Morgan fingerprint density at radius 2 is 1.78 bits per heavy atom. The minimum atomic E-state index is -0.547. The summed E-state index contributed by atoms with van der Waals surface area (Å²) in [5, 5.41) is 8.75. The van der Waals surface area contributed by atoms with E-state index < -0.39 is 5.91 Å². The van der Waals surface area contributed by atoms with E-state index in [1.54, 1.807) is 29.2 Å². The number of rotatable bonds is 8. The van der Waals surface area contributed by atoms with Gasteiger partial charge < -0.3 is 15.6 Å². The number of aliphatic hydroxyl groups excluding tert-OH is 1. The number of carbonyl (C=O) groups is 2. The zero-order chi connectivity index (χ0) is 22.5. The number of nitrogens with two attached hydrogens (primary N) is 1. The number of hydrogen-bond donors (Lipinski definition) is 2. The Bertz CT molecular complexity index is 1090. The van der Waals surface area contributed by atoms with Crippen LogP contribution in [0.5, 0.6) is 5.75 Å². The fraction of sp³-hybridized carbons (Fsp3) is 0.200. The van der Waals surface area contributed by atoms with Gasteiger partial charge in [0.05, 0.1) is 5.25 Å². The van der Waals surface area contributed by atoms with E-state index in [0.29, 0.717) is 24.3 Å². The summed E-state index contributed by atoms with van der Waals surface area (Å²) >= 11 is 1.49. The molecule has 32 heavy (non-hydrogen) atoms. The number of thioether (sulfide) groups is 1. The van der Waals surface area contributed by atoms with E-state index in [1.807, 2.05) is 54.6 Å². The minimum absolute atomic E-state index is 0.0719. The molecule has 1 aliphatic heterocycles. The number of primary amides is 1. The molecule has 0 radical (unpaired) electrons. The van der Waals surface area contributed by atoms with Crippen molar-refractivity contribution < 1.29 is 19.4 Å². The van der Waals surface area contributed by atoms with Crippen molar-refractivity contribution in [2.24, 2.45) is 5.73 Å². The van der Waals surface area contributed by atoms with E-state index in [9.17, 15) is 14.7 Å². The molecule has 0 bridgehead atoms. The fourth-order valence-electron chi connectivity index (χ4n) is 3.62. The van der Waals surface area contributed by atoms with Gasteiger partial charge in [-0.05, 0) is 47.9 Å². The van der Waals surface area contributed by atoms with Gasteiger partial charge in [-0.2, -0.15) is 0 Å². The summed E-state index contributed by atoms with van der Waals surface area (Å²) in [6.45, 7) is 0.402. The molecule has 164 valence electrons. The Balaban J connectivity index is 1.57. The molecule has 2 amide bonds. The van der Waals surface area contributed by atoms with Crippen LogP contribution in [-0.2, 0) is 11.4 Å². The molecule has 4 rings (SSSR count). The van der Waals surface area contributed by atoms with Crippen LogP contribution in [0.1, 0.15) is 33.3 Å². The number of amides is 2. The molecule has 3 N–H and O–H groups in total. The molecule has 1 heterocycles. The van der Waals surface area contributed by atoms with E-state index in [1.165, 1.54) is 11.8 Å². The number of benzene rings is 3. The molecular weight excluding hydrogens is 424 g/mol. The van der Waals surface area contributed by atoms with Gasteiger partial charge in [0.2, 0.25) is 11.8 Å². The van der Waals surface area contributed by atoms with Gasteiger partial charge in [0.25, 0.3) is 0 Å². The summed E-state index contributed by atoms with van der Waals surface area (Å²) in [6, 6.07) is 24.3. The van der Waals surface area contributed by atoms with Gasteiger partial charge >= 0.3 is 0 Å². The molecule has 7 heteroatoms. The predicted molar refractivity (Wildman–Crippen MR) is 125 cm³/mol. The lowest BCUT2D eigenvalue weighted by Gasteiger charge is -2.25. The van der Waals surface area contributed by atoms with Crippen LogP contribution >= 0.6 is 11.8 Å². The number of aliphatic hydroxyl groups is 1. The maximum absolute atomic E-state index is 13.1. The third-order valence-electron chi connectivity index (χ3n) is 5.25. The average Bonchev–Trinajstić information content (AvgIpc) is 3.15. The second kappa shape index (κ2) is 9.89. The van der Waals surface area contributed by atoms with Crippen LogP contribution in [0, 0.1) is 0 Å². The number of anilines is 1. The Labute approximate surface area is 191 Å². The highest BCUT2D eigenvalue weighted by atomic mass is 32.2. The summed E-state index contributed by atoms with van der Waals surface area (Å²) in [4.78, 5) is 26.5. The quantitative estimate of drug-likeness (QED) is 0.545. The van der Waals surface area contributed by atoms with Gasteiger partial charge in [-0.1, -0.05) is 48.5 Å². The van der Waals surface area contributed by atoms with E-state index in [-0.39, 0.29) is 23.1 Å². The molecular formula is C25H24N2O4S. The van der Waals surface area contributed by atoms with Crippen LogP contribution in [0.2, 0.25) is 0 Å². The van der Waals surface area contributed by atoms with Crippen LogP contribution in [0.3, 0.4) is 0 Å². The molecule has 0 aromatic heterocycles. The van der Waals surface area contributed by atoms with Crippen molar-refractivity contribution in [1.29, 1.82) is 0 Å². The van der Waals surface area contributed by atoms with E-state index >= 15 is 0 Å². The first kappa shape index (κ1) is 21.9. The SMILES string of the molecule is NC(=O)c1cccc(N2C(=O)C(CCO)SC2c2ccc(OCc3ccccc3)cc2)c1. The van der Waals surface area contributed by atoms with Crippen LogP contribution in [-0.4, -0.2) is 28.8 Å². The number of nitrogens with zero attached hydrogens (tertiary/aromatic N) is 1. The highest BCUT2D eigenvalue weighted by Crippen LogP contribution is 2.46. The summed E-state index contributed by atoms with van der Waals surface area (Å²) in [6.07, 6.45) is 0.365. The van der Waals surface area contributed by atoms with Gasteiger partial charge in [0, 0.05) is 17.9 Å². The molecule has 1 saturated heterocycles. The minimum Gasteiger partial charge on any atom is -0.489 e. The molecule has 0 saturated carbocycles. The summed E-state index contributed by atoms with van der Waals surface area (Å²) in [7, 11) is 0. The molecule has 1 aliphatic rings. The van der Waals surface area contributed by atoms with Crippen molar-refractivity contribution in [2.75, 3.05) is 11.5 Å². The van der Waals surface area contributed by atoms with Crippen molar-refractivity contribution in [3.8, 4) is 5.75 Å². The highest BCUT2D eigenvalue weighted by Gasteiger charge is 2.41. The second-order valence-corrected chi connectivity index (χ2v) is 8.74. The monoisotopic (exact) mass is 448 g/mol. The molecule has 0 spiro atoms.